The van der Waals surface area contributed by atoms with Crippen molar-refractivity contribution in [1.29, 1.82) is 0 Å². The van der Waals surface area contributed by atoms with E-state index in [0.717, 1.165) is 5.56 Å². The van der Waals surface area contributed by atoms with E-state index in [1.165, 1.54) is 0 Å². The van der Waals surface area contributed by atoms with E-state index in [9.17, 15) is 4.79 Å². The Hall–Kier alpha value is -1.66. The van der Waals surface area contributed by atoms with Crippen LogP contribution in [-0.2, 0) is 14.3 Å². The fraction of sp³-hybridized carbons (Fsp3) is 0.647. The summed E-state index contributed by atoms with van der Waals surface area (Å²) in [5, 5.41) is 2.86. The summed E-state index contributed by atoms with van der Waals surface area (Å²) >= 11 is 0. The fourth-order valence-electron chi connectivity index (χ4n) is 2.03. The number of pyridine rings is 1. The Kier molecular flexibility index (Phi) is 7.98. The van der Waals surface area contributed by atoms with Crippen LogP contribution in [0.2, 0.25) is 0 Å². The third-order valence-electron chi connectivity index (χ3n) is 3.58. The van der Waals surface area contributed by atoms with Crippen molar-refractivity contribution < 1.29 is 19.0 Å². The summed E-state index contributed by atoms with van der Waals surface area (Å²) in [5.74, 6) is 0.374. The molecule has 130 valence electrons. The highest BCUT2D eigenvalue weighted by atomic mass is 16.5. The number of nitrogens with one attached hydrogen (secondary N) is 1. The third-order valence-corrected chi connectivity index (χ3v) is 3.58. The van der Waals surface area contributed by atoms with Gasteiger partial charge in [-0.25, -0.2) is 4.98 Å². The fourth-order valence-corrected chi connectivity index (χ4v) is 2.03. The van der Waals surface area contributed by atoms with E-state index < -0.39 is 5.60 Å². The van der Waals surface area contributed by atoms with Gasteiger partial charge in [0.05, 0.1) is 18.5 Å². The molecule has 6 heteroatoms. The van der Waals surface area contributed by atoms with Crippen molar-refractivity contribution in [2.24, 2.45) is 0 Å². The molecule has 1 heterocycles. The van der Waals surface area contributed by atoms with Crippen molar-refractivity contribution in [2.75, 3.05) is 31.7 Å². The third kappa shape index (κ3) is 5.80. The molecule has 1 rings (SSSR count). The number of carbonyl (C=O) groups is 1. The van der Waals surface area contributed by atoms with Gasteiger partial charge >= 0.3 is 0 Å². The molecule has 6 nitrogen and oxygen atoms in total. The van der Waals surface area contributed by atoms with Crippen LogP contribution in [0.15, 0.2) is 12.3 Å². The first kappa shape index (κ1) is 19.4. The van der Waals surface area contributed by atoms with E-state index in [0.29, 0.717) is 44.4 Å². The van der Waals surface area contributed by atoms with Crippen LogP contribution in [0.3, 0.4) is 0 Å². The van der Waals surface area contributed by atoms with Gasteiger partial charge in [0.2, 0.25) is 5.88 Å². The molecule has 0 aliphatic carbocycles. The Morgan fingerprint density at radius 2 is 2.00 bits per heavy atom. The minimum atomic E-state index is -0.838. The van der Waals surface area contributed by atoms with Crippen molar-refractivity contribution in [1.82, 2.24) is 4.98 Å². The van der Waals surface area contributed by atoms with Gasteiger partial charge in [-0.1, -0.05) is 6.92 Å². The molecular formula is C17H28N2O4. The molecule has 1 amide bonds. The quantitative estimate of drug-likeness (QED) is 0.670. The number of rotatable bonds is 10. The molecule has 0 bridgehead atoms. The monoisotopic (exact) mass is 324 g/mol. The van der Waals surface area contributed by atoms with E-state index in [1.807, 2.05) is 33.8 Å². The lowest BCUT2D eigenvalue weighted by Crippen LogP contribution is -2.42. The Balaban J connectivity index is 2.68. The van der Waals surface area contributed by atoms with Gasteiger partial charge in [0, 0.05) is 18.8 Å². The lowest BCUT2D eigenvalue weighted by atomic mass is 10.0. The molecule has 0 radical (unpaired) electrons. The smallest absolute Gasteiger partial charge is 0.256 e. The lowest BCUT2D eigenvalue weighted by Gasteiger charge is -2.26. The van der Waals surface area contributed by atoms with Gasteiger partial charge in [-0.2, -0.15) is 0 Å². The largest absolute Gasteiger partial charge is 0.475 e. The summed E-state index contributed by atoms with van der Waals surface area (Å²) in [5.41, 5.74) is 0.646. The predicted molar refractivity (Wildman–Crippen MR) is 89.9 cm³/mol. The van der Waals surface area contributed by atoms with Gasteiger partial charge in [0.15, 0.2) is 0 Å². The minimum absolute atomic E-state index is 0.173. The Morgan fingerprint density at radius 3 is 2.57 bits per heavy atom. The van der Waals surface area contributed by atoms with Crippen LogP contribution in [0.1, 0.15) is 39.7 Å². The zero-order valence-electron chi connectivity index (χ0n) is 14.8. The zero-order chi connectivity index (χ0) is 17.3. The second-order valence-electron chi connectivity index (χ2n) is 5.36. The average Bonchev–Trinajstić information content (AvgIpc) is 2.53. The molecule has 0 aromatic carbocycles. The summed E-state index contributed by atoms with van der Waals surface area (Å²) in [6.45, 7) is 11.5. The number of nitrogens with zero attached hydrogens (tertiary/aromatic N) is 1. The summed E-state index contributed by atoms with van der Waals surface area (Å²) in [6, 6.07) is 1.84. The molecule has 1 aromatic heterocycles. The van der Waals surface area contributed by atoms with Crippen LogP contribution >= 0.6 is 0 Å². The topological polar surface area (TPSA) is 69.7 Å². The summed E-state index contributed by atoms with van der Waals surface area (Å²) in [4.78, 5) is 16.6. The number of amides is 1. The number of aryl methyl sites for hydroxylation is 1. The highest BCUT2D eigenvalue weighted by Crippen LogP contribution is 2.21. The van der Waals surface area contributed by atoms with Gasteiger partial charge in [0.25, 0.3) is 5.91 Å². The van der Waals surface area contributed by atoms with E-state index in [2.05, 4.69) is 10.3 Å². The van der Waals surface area contributed by atoms with Crippen molar-refractivity contribution in [3.8, 4) is 5.88 Å². The van der Waals surface area contributed by atoms with Crippen LogP contribution in [0.4, 0.5) is 5.69 Å². The lowest BCUT2D eigenvalue weighted by molar-refractivity contribution is -0.139. The van der Waals surface area contributed by atoms with E-state index in [1.54, 1.807) is 13.1 Å². The normalized spacial score (nSPS) is 13.4. The molecule has 23 heavy (non-hydrogen) atoms. The minimum Gasteiger partial charge on any atom is -0.475 e. The molecule has 0 aliphatic heterocycles. The van der Waals surface area contributed by atoms with E-state index in [-0.39, 0.29) is 5.91 Å². The summed E-state index contributed by atoms with van der Waals surface area (Å²) in [7, 11) is 0. The Morgan fingerprint density at radius 1 is 1.26 bits per heavy atom. The average molecular weight is 324 g/mol. The van der Waals surface area contributed by atoms with Gasteiger partial charge in [-0.05, 0) is 40.2 Å². The van der Waals surface area contributed by atoms with Crippen LogP contribution < -0.4 is 10.1 Å². The number of ether oxygens (including phenoxy) is 3. The Labute approximate surface area is 138 Å². The van der Waals surface area contributed by atoms with Crippen molar-refractivity contribution in [3.05, 3.63) is 17.8 Å². The predicted octanol–water partition coefficient (Wildman–Crippen LogP) is 2.95. The molecular weight excluding hydrogens is 296 g/mol. The first-order valence-electron chi connectivity index (χ1n) is 8.09. The number of hydrogen-bond acceptors (Lipinski definition) is 5. The van der Waals surface area contributed by atoms with E-state index >= 15 is 0 Å². The van der Waals surface area contributed by atoms with Crippen molar-refractivity contribution in [3.63, 3.8) is 0 Å². The Bertz CT molecular complexity index is 507. The SMILES string of the molecule is CCOCCOc1ncc(NC(=O)C(C)(CC)OCC)cc1C. The molecule has 1 N–H and O–H groups in total. The number of aromatic nitrogens is 1. The van der Waals surface area contributed by atoms with Gasteiger partial charge in [-0.3, -0.25) is 4.79 Å². The van der Waals surface area contributed by atoms with Crippen LogP contribution in [0.5, 0.6) is 5.88 Å². The summed E-state index contributed by atoms with van der Waals surface area (Å²) in [6.07, 6.45) is 2.18. The molecule has 0 saturated carbocycles. The van der Waals surface area contributed by atoms with Gasteiger partial charge < -0.3 is 19.5 Å². The maximum absolute atomic E-state index is 12.4. The molecule has 0 saturated heterocycles. The standard InChI is InChI=1S/C17H28N2O4/c1-6-17(5,23-8-3)16(20)19-14-11-13(4)15(18-12-14)22-10-9-21-7-2/h11-12H,6-10H2,1-5H3,(H,19,20). The zero-order valence-corrected chi connectivity index (χ0v) is 14.8. The highest BCUT2D eigenvalue weighted by Gasteiger charge is 2.31. The molecule has 0 spiro atoms. The maximum Gasteiger partial charge on any atom is 0.256 e. The van der Waals surface area contributed by atoms with Gasteiger partial charge in [-0.15, -0.1) is 0 Å². The van der Waals surface area contributed by atoms with Gasteiger partial charge in [0.1, 0.15) is 12.2 Å². The number of hydrogen-bond donors (Lipinski definition) is 1. The van der Waals surface area contributed by atoms with Crippen LogP contribution in [-0.4, -0.2) is 42.9 Å². The first-order valence-corrected chi connectivity index (χ1v) is 8.09. The molecule has 1 unspecified atom stereocenters. The van der Waals surface area contributed by atoms with Crippen LogP contribution in [0, 0.1) is 6.92 Å². The number of anilines is 1. The molecule has 0 aliphatic rings. The van der Waals surface area contributed by atoms with Crippen molar-refractivity contribution >= 4 is 11.6 Å². The highest BCUT2D eigenvalue weighted by molar-refractivity contribution is 5.97. The second-order valence-corrected chi connectivity index (χ2v) is 5.36. The molecule has 1 aromatic rings. The van der Waals surface area contributed by atoms with Crippen molar-refractivity contribution in [2.45, 2.75) is 46.6 Å². The van der Waals surface area contributed by atoms with E-state index in [4.69, 9.17) is 14.2 Å². The molecule has 0 fully saturated rings. The number of carbonyl (C=O) groups excluding carboxylic acids is 1. The molecule has 1 atom stereocenters. The summed E-state index contributed by atoms with van der Waals surface area (Å²) < 4.78 is 16.3. The maximum atomic E-state index is 12.4. The van der Waals surface area contributed by atoms with Crippen LogP contribution in [0.25, 0.3) is 0 Å². The first-order chi connectivity index (χ1) is 11.0. The second kappa shape index (κ2) is 9.47.